The Hall–Kier alpha value is -1.36. The molecule has 0 atom stereocenters. The predicted octanol–water partition coefficient (Wildman–Crippen LogP) is 1.69. The summed E-state index contributed by atoms with van der Waals surface area (Å²) >= 11 is 5.04. The van der Waals surface area contributed by atoms with Gasteiger partial charge in [0.25, 0.3) is 0 Å². The molecular weight excluding hydrogens is 236 g/mol. The van der Waals surface area contributed by atoms with Crippen LogP contribution in [0.5, 0.6) is 0 Å². The summed E-state index contributed by atoms with van der Waals surface area (Å²) in [5, 5.41) is 0. The molecule has 0 radical (unpaired) electrons. The number of hydrogen-bond donors (Lipinski definition) is 1. The average molecular weight is 252 g/mol. The number of furan rings is 1. The van der Waals surface area contributed by atoms with Crippen LogP contribution in [-0.4, -0.2) is 22.8 Å². The van der Waals surface area contributed by atoms with Gasteiger partial charge in [-0.3, -0.25) is 4.79 Å². The molecule has 1 aromatic rings. The van der Waals surface area contributed by atoms with Crippen molar-refractivity contribution in [3.63, 3.8) is 0 Å². The van der Waals surface area contributed by atoms with E-state index in [0.29, 0.717) is 11.5 Å². The third kappa shape index (κ3) is 2.07. The summed E-state index contributed by atoms with van der Waals surface area (Å²) in [5.74, 6) is 0.0254. The minimum absolute atomic E-state index is 0.0254. The lowest BCUT2D eigenvalue weighted by atomic mass is 9.67. The van der Waals surface area contributed by atoms with Crippen molar-refractivity contribution in [1.82, 2.24) is 4.90 Å². The topological polar surface area (TPSA) is 59.5 Å². The van der Waals surface area contributed by atoms with Crippen molar-refractivity contribution in [2.45, 2.75) is 25.8 Å². The maximum Gasteiger partial charge on any atom is 0.235 e. The number of thiocarbonyl (C=S) groups is 1. The fourth-order valence-electron chi connectivity index (χ4n) is 2.19. The lowest BCUT2D eigenvalue weighted by molar-refractivity contribution is -0.141. The van der Waals surface area contributed by atoms with Gasteiger partial charge in [0.1, 0.15) is 0 Å². The SMILES string of the molecule is CN(Cc1ccoc1)C(=O)C1(C(N)=S)CCC1. The third-order valence-corrected chi connectivity index (χ3v) is 3.83. The van der Waals surface area contributed by atoms with E-state index < -0.39 is 5.41 Å². The second-order valence-corrected chi connectivity index (χ2v) is 5.03. The fraction of sp³-hybridized carbons (Fsp3) is 0.500. The molecular formula is C12H16N2O2S. The third-order valence-electron chi connectivity index (χ3n) is 3.43. The summed E-state index contributed by atoms with van der Waals surface area (Å²) in [6.07, 6.45) is 5.80. The summed E-state index contributed by atoms with van der Waals surface area (Å²) in [4.78, 5) is 14.3. The highest BCUT2D eigenvalue weighted by Gasteiger charge is 2.48. The van der Waals surface area contributed by atoms with Crippen LogP contribution in [0.2, 0.25) is 0 Å². The molecule has 0 saturated heterocycles. The van der Waals surface area contributed by atoms with E-state index in [1.54, 1.807) is 24.5 Å². The first-order chi connectivity index (χ1) is 8.06. The Morgan fingerprint density at radius 1 is 1.65 bits per heavy atom. The van der Waals surface area contributed by atoms with Gasteiger partial charge in [-0.1, -0.05) is 18.6 Å². The van der Waals surface area contributed by atoms with Gasteiger partial charge in [-0.25, -0.2) is 0 Å². The maximum atomic E-state index is 12.3. The van der Waals surface area contributed by atoms with Gasteiger partial charge in [0.05, 0.1) is 22.9 Å². The molecule has 1 amide bonds. The Labute approximate surface area is 106 Å². The number of nitrogens with two attached hydrogens (primary N) is 1. The number of carbonyl (C=O) groups excluding carboxylic acids is 1. The number of carbonyl (C=O) groups is 1. The second-order valence-electron chi connectivity index (χ2n) is 4.59. The van der Waals surface area contributed by atoms with Crippen LogP contribution in [0.1, 0.15) is 24.8 Å². The molecule has 2 rings (SSSR count). The zero-order valence-electron chi connectivity index (χ0n) is 9.81. The standard InChI is InChI=1S/C12H16N2O2S/c1-14(7-9-3-6-16-8-9)11(15)12(10(13)17)4-2-5-12/h3,6,8H,2,4-5,7H2,1H3,(H2,13,17). The lowest BCUT2D eigenvalue weighted by Crippen LogP contribution is -2.53. The average Bonchev–Trinajstić information content (AvgIpc) is 2.67. The largest absolute Gasteiger partial charge is 0.472 e. The van der Waals surface area contributed by atoms with Crippen LogP contribution in [0.4, 0.5) is 0 Å². The van der Waals surface area contributed by atoms with Crippen molar-refractivity contribution in [3.8, 4) is 0 Å². The highest BCUT2D eigenvalue weighted by Crippen LogP contribution is 2.42. The van der Waals surface area contributed by atoms with Gasteiger partial charge in [0, 0.05) is 19.2 Å². The van der Waals surface area contributed by atoms with Crippen LogP contribution >= 0.6 is 12.2 Å². The van der Waals surface area contributed by atoms with Crippen molar-refractivity contribution in [2.24, 2.45) is 11.1 Å². The minimum Gasteiger partial charge on any atom is -0.472 e. The van der Waals surface area contributed by atoms with Gasteiger partial charge in [0.2, 0.25) is 5.91 Å². The second kappa shape index (κ2) is 4.49. The molecule has 17 heavy (non-hydrogen) atoms. The molecule has 1 fully saturated rings. The van der Waals surface area contributed by atoms with Crippen molar-refractivity contribution >= 4 is 23.1 Å². The summed E-state index contributed by atoms with van der Waals surface area (Å²) in [7, 11) is 1.77. The normalized spacial score (nSPS) is 17.2. The van der Waals surface area contributed by atoms with Gasteiger partial charge in [0.15, 0.2) is 0 Å². The highest BCUT2D eigenvalue weighted by molar-refractivity contribution is 7.80. The monoisotopic (exact) mass is 252 g/mol. The first kappa shape index (κ1) is 12.1. The molecule has 0 spiro atoms. The first-order valence-corrected chi connectivity index (χ1v) is 6.03. The van der Waals surface area contributed by atoms with Gasteiger partial charge >= 0.3 is 0 Å². The predicted molar refractivity (Wildman–Crippen MR) is 68.3 cm³/mol. The summed E-state index contributed by atoms with van der Waals surface area (Å²) in [5.41, 5.74) is 6.09. The van der Waals surface area contributed by atoms with Gasteiger partial charge in [-0.2, -0.15) is 0 Å². The van der Waals surface area contributed by atoms with E-state index in [1.807, 2.05) is 6.07 Å². The molecule has 5 heteroatoms. The summed E-state index contributed by atoms with van der Waals surface area (Å²) in [6, 6.07) is 1.85. The number of rotatable bonds is 4. The Bertz CT molecular complexity index is 424. The van der Waals surface area contributed by atoms with E-state index in [-0.39, 0.29) is 5.91 Å². The van der Waals surface area contributed by atoms with E-state index in [0.717, 1.165) is 24.8 Å². The Morgan fingerprint density at radius 3 is 2.76 bits per heavy atom. The molecule has 1 aliphatic rings. The molecule has 0 bridgehead atoms. The zero-order valence-corrected chi connectivity index (χ0v) is 10.6. The van der Waals surface area contributed by atoms with E-state index in [1.165, 1.54) is 0 Å². The van der Waals surface area contributed by atoms with Crippen LogP contribution in [0.15, 0.2) is 23.0 Å². The van der Waals surface area contributed by atoms with E-state index in [4.69, 9.17) is 22.4 Å². The number of hydrogen-bond acceptors (Lipinski definition) is 3. The van der Waals surface area contributed by atoms with Crippen LogP contribution in [0.25, 0.3) is 0 Å². The molecule has 4 nitrogen and oxygen atoms in total. The summed E-state index contributed by atoms with van der Waals surface area (Å²) < 4.78 is 4.98. The van der Waals surface area contributed by atoms with Gasteiger partial charge < -0.3 is 15.1 Å². The first-order valence-electron chi connectivity index (χ1n) is 5.63. The lowest BCUT2D eigenvalue weighted by Gasteiger charge is -2.41. The van der Waals surface area contributed by atoms with Crippen LogP contribution in [0.3, 0.4) is 0 Å². The zero-order chi connectivity index (χ0) is 12.5. The molecule has 0 aliphatic heterocycles. The maximum absolute atomic E-state index is 12.3. The Balaban J connectivity index is 2.06. The van der Waals surface area contributed by atoms with Gasteiger partial charge in [-0.05, 0) is 18.9 Å². The van der Waals surface area contributed by atoms with Crippen molar-refractivity contribution in [3.05, 3.63) is 24.2 Å². The Morgan fingerprint density at radius 2 is 2.35 bits per heavy atom. The van der Waals surface area contributed by atoms with Crippen LogP contribution < -0.4 is 5.73 Å². The van der Waals surface area contributed by atoms with Crippen molar-refractivity contribution in [1.29, 1.82) is 0 Å². The Kier molecular flexibility index (Phi) is 3.19. The van der Waals surface area contributed by atoms with Crippen LogP contribution in [0, 0.1) is 5.41 Å². The van der Waals surface area contributed by atoms with Crippen molar-refractivity contribution in [2.75, 3.05) is 7.05 Å². The van der Waals surface area contributed by atoms with E-state index >= 15 is 0 Å². The molecule has 1 heterocycles. The summed E-state index contributed by atoms with van der Waals surface area (Å²) in [6.45, 7) is 0.527. The van der Waals surface area contributed by atoms with Crippen LogP contribution in [-0.2, 0) is 11.3 Å². The smallest absolute Gasteiger partial charge is 0.235 e. The molecule has 2 N–H and O–H groups in total. The van der Waals surface area contributed by atoms with Gasteiger partial charge in [-0.15, -0.1) is 0 Å². The quantitative estimate of drug-likeness (QED) is 0.828. The molecule has 0 aromatic carbocycles. The highest BCUT2D eigenvalue weighted by atomic mass is 32.1. The minimum atomic E-state index is -0.589. The van der Waals surface area contributed by atoms with E-state index in [2.05, 4.69) is 0 Å². The van der Waals surface area contributed by atoms with Crippen molar-refractivity contribution < 1.29 is 9.21 Å². The molecule has 1 aromatic heterocycles. The fourth-order valence-corrected chi connectivity index (χ4v) is 2.48. The molecule has 92 valence electrons. The number of nitrogens with zero attached hydrogens (tertiary/aromatic N) is 1. The molecule has 1 saturated carbocycles. The van der Waals surface area contributed by atoms with E-state index in [9.17, 15) is 4.79 Å². The molecule has 1 aliphatic carbocycles. The number of amides is 1. The molecule has 0 unspecified atom stereocenters.